The van der Waals surface area contributed by atoms with E-state index in [4.69, 9.17) is 11.5 Å². The first kappa shape index (κ1) is 12.4. The van der Waals surface area contributed by atoms with Gasteiger partial charge in [0.2, 0.25) is 0 Å². The Labute approximate surface area is 104 Å². The zero-order chi connectivity index (χ0) is 13.3. The van der Waals surface area contributed by atoms with Crippen LogP contribution in [0.2, 0.25) is 0 Å². The zero-order valence-electron chi connectivity index (χ0n) is 8.91. The monoisotopic (exact) mass is 270 g/mol. The molecule has 0 saturated carbocycles. The van der Waals surface area contributed by atoms with Gasteiger partial charge in [-0.05, 0) is 17.8 Å². The van der Waals surface area contributed by atoms with Gasteiger partial charge in [0.25, 0.3) is 5.56 Å². The average Bonchev–Trinajstić information content (AvgIpc) is 2.24. The molecule has 0 atom stereocenters. The molecule has 2 rings (SSSR count). The molecule has 8 heteroatoms. The molecule has 2 aromatic rings. The second-order valence-corrected chi connectivity index (χ2v) is 4.41. The summed E-state index contributed by atoms with van der Waals surface area (Å²) >= 11 is 0.887. The van der Waals surface area contributed by atoms with Gasteiger partial charge in [-0.25, -0.2) is 13.8 Å². The maximum absolute atomic E-state index is 13.1. The Bertz CT molecular complexity index is 659. The number of halogens is 2. The second kappa shape index (κ2) is 4.65. The minimum atomic E-state index is -1.04. The molecular formula is C10H8F2N4OS. The third-order valence-corrected chi connectivity index (χ3v) is 2.96. The molecule has 0 saturated heterocycles. The van der Waals surface area contributed by atoms with Crippen LogP contribution in [-0.2, 0) is 0 Å². The van der Waals surface area contributed by atoms with E-state index in [2.05, 4.69) is 9.97 Å². The number of anilines is 2. The smallest absolute Gasteiger partial charge is 0.253 e. The van der Waals surface area contributed by atoms with Crippen molar-refractivity contribution in [3.8, 4) is 0 Å². The van der Waals surface area contributed by atoms with Crippen LogP contribution in [-0.4, -0.2) is 9.97 Å². The number of nitrogens with zero attached hydrogens (tertiary/aromatic N) is 1. The van der Waals surface area contributed by atoms with E-state index in [0.29, 0.717) is 0 Å². The number of hydrogen-bond donors (Lipinski definition) is 3. The summed E-state index contributed by atoms with van der Waals surface area (Å²) in [6, 6.07) is 2.90. The molecule has 0 unspecified atom stereocenters. The van der Waals surface area contributed by atoms with Crippen molar-refractivity contribution in [1.29, 1.82) is 0 Å². The summed E-state index contributed by atoms with van der Waals surface area (Å²) in [5.74, 6) is -2.04. The number of H-pyrrole nitrogens is 1. The average molecular weight is 270 g/mol. The predicted octanol–water partition coefficient (Wildman–Crippen LogP) is 1.36. The van der Waals surface area contributed by atoms with Crippen molar-refractivity contribution in [3.63, 3.8) is 0 Å². The molecular weight excluding hydrogens is 262 g/mol. The highest BCUT2D eigenvalue weighted by Crippen LogP contribution is 2.31. The number of hydrogen-bond acceptors (Lipinski definition) is 5. The molecule has 0 fully saturated rings. The highest BCUT2D eigenvalue weighted by atomic mass is 32.2. The summed E-state index contributed by atoms with van der Waals surface area (Å²) in [7, 11) is 0. The Morgan fingerprint density at radius 1 is 1.17 bits per heavy atom. The topological polar surface area (TPSA) is 97.8 Å². The largest absolute Gasteiger partial charge is 0.398 e. The minimum Gasteiger partial charge on any atom is -0.398 e. The van der Waals surface area contributed by atoms with Gasteiger partial charge in [0, 0.05) is 22.7 Å². The molecule has 1 aromatic carbocycles. The normalized spacial score (nSPS) is 10.6. The Kier molecular flexibility index (Phi) is 3.19. The van der Waals surface area contributed by atoms with Crippen LogP contribution in [0.25, 0.3) is 0 Å². The lowest BCUT2D eigenvalue weighted by Gasteiger charge is -2.05. The molecule has 0 bridgehead atoms. The van der Waals surface area contributed by atoms with Gasteiger partial charge in [-0.1, -0.05) is 0 Å². The fraction of sp³-hybridized carbons (Fsp3) is 0. The standard InChI is InChI=1S/C10H8F2N4OS/c11-4-1-6(13)7(2-5(4)12)18-10-15-8(14)3-9(17)16-10/h1-3H,13H2,(H3,14,15,16,17). The van der Waals surface area contributed by atoms with Gasteiger partial charge in [-0.15, -0.1) is 0 Å². The molecule has 1 aromatic heterocycles. The number of aromatic amines is 1. The Morgan fingerprint density at radius 2 is 1.83 bits per heavy atom. The predicted molar refractivity (Wildman–Crippen MR) is 64.2 cm³/mol. The quantitative estimate of drug-likeness (QED) is 0.565. The Hall–Kier alpha value is -2.09. The van der Waals surface area contributed by atoms with E-state index in [1.807, 2.05) is 0 Å². The van der Waals surface area contributed by atoms with Gasteiger partial charge < -0.3 is 16.5 Å². The molecule has 0 spiro atoms. The van der Waals surface area contributed by atoms with Crippen molar-refractivity contribution in [3.05, 3.63) is 40.2 Å². The molecule has 1 heterocycles. The number of rotatable bonds is 2. The lowest BCUT2D eigenvalue weighted by atomic mass is 10.3. The lowest BCUT2D eigenvalue weighted by molar-refractivity contribution is 0.506. The summed E-state index contributed by atoms with van der Waals surface area (Å²) in [5, 5.41) is 0.151. The second-order valence-electron chi connectivity index (χ2n) is 3.38. The first-order chi connectivity index (χ1) is 8.45. The van der Waals surface area contributed by atoms with Crippen LogP contribution in [0, 0.1) is 11.6 Å². The fourth-order valence-corrected chi connectivity index (χ4v) is 2.09. The first-order valence-corrected chi connectivity index (χ1v) is 5.56. The number of nitrogen functional groups attached to an aromatic ring is 2. The van der Waals surface area contributed by atoms with E-state index in [0.717, 1.165) is 30.0 Å². The maximum Gasteiger partial charge on any atom is 0.253 e. The molecule has 0 amide bonds. The van der Waals surface area contributed by atoms with E-state index < -0.39 is 17.2 Å². The molecule has 5 N–H and O–H groups in total. The summed E-state index contributed by atoms with van der Waals surface area (Å²) in [6.07, 6.45) is 0. The number of nitrogens with two attached hydrogens (primary N) is 2. The first-order valence-electron chi connectivity index (χ1n) is 4.75. The van der Waals surface area contributed by atoms with Gasteiger partial charge in [0.05, 0.1) is 0 Å². The van der Waals surface area contributed by atoms with Crippen molar-refractivity contribution in [2.75, 3.05) is 11.5 Å². The van der Waals surface area contributed by atoms with Crippen molar-refractivity contribution < 1.29 is 8.78 Å². The molecule has 18 heavy (non-hydrogen) atoms. The van der Waals surface area contributed by atoms with Crippen LogP contribution in [0.5, 0.6) is 0 Å². The van der Waals surface area contributed by atoms with Gasteiger partial charge in [-0.3, -0.25) is 4.79 Å². The number of aromatic nitrogens is 2. The van der Waals surface area contributed by atoms with Crippen molar-refractivity contribution in [1.82, 2.24) is 9.97 Å². The summed E-state index contributed by atoms with van der Waals surface area (Å²) in [5.41, 5.74) is 10.5. The van der Waals surface area contributed by atoms with E-state index >= 15 is 0 Å². The van der Waals surface area contributed by atoms with E-state index in [1.54, 1.807) is 0 Å². The molecule has 0 radical (unpaired) electrons. The summed E-state index contributed by atoms with van der Waals surface area (Å²) < 4.78 is 25.9. The Morgan fingerprint density at radius 3 is 2.50 bits per heavy atom. The highest BCUT2D eigenvalue weighted by Gasteiger charge is 2.10. The van der Waals surface area contributed by atoms with Gasteiger partial charge >= 0.3 is 0 Å². The minimum absolute atomic E-state index is 0.0300. The highest BCUT2D eigenvalue weighted by molar-refractivity contribution is 7.99. The van der Waals surface area contributed by atoms with Crippen LogP contribution in [0.1, 0.15) is 0 Å². The van der Waals surface area contributed by atoms with Crippen LogP contribution in [0.3, 0.4) is 0 Å². The third kappa shape index (κ3) is 2.59. The summed E-state index contributed by atoms with van der Waals surface area (Å²) in [6.45, 7) is 0. The lowest BCUT2D eigenvalue weighted by Crippen LogP contribution is -2.09. The van der Waals surface area contributed by atoms with E-state index in [9.17, 15) is 13.6 Å². The zero-order valence-corrected chi connectivity index (χ0v) is 9.72. The van der Waals surface area contributed by atoms with Crippen LogP contribution < -0.4 is 17.0 Å². The van der Waals surface area contributed by atoms with Gasteiger partial charge in [0.15, 0.2) is 16.8 Å². The molecule has 94 valence electrons. The molecule has 0 aliphatic rings. The molecule has 0 aliphatic heterocycles. The van der Waals surface area contributed by atoms with E-state index in [-0.39, 0.29) is 21.6 Å². The molecule has 0 aliphatic carbocycles. The van der Waals surface area contributed by atoms with Crippen molar-refractivity contribution in [2.24, 2.45) is 0 Å². The van der Waals surface area contributed by atoms with Crippen molar-refractivity contribution in [2.45, 2.75) is 10.1 Å². The van der Waals surface area contributed by atoms with E-state index in [1.165, 1.54) is 0 Å². The fourth-order valence-electron chi connectivity index (χ4n) is 1.24. The van der Waals surface area contributed by atoms with Crippen LogP contribution in [0.4, 0.5) is 20.3 Å². The number of benzene rings is 1. The van der Waals surface area contributed by atoms with Crippen LogP contribution >= 0.6 is 11.8 Å². The third-order valence-electron chi connectivity index (χ3n) is 2.00. The Balaban J connectivity index is 2.39. The number of nitrogens with one attached hydrogen (secondary N) is 1. The van der Waals surface area contributed by atoms with Gasteiger partial charge in [-0.2, -0.15) is 0 Å². The van der Waals surface area contributed by atoms with Crippen molar-refractivity contribution >= 4 is 23.3 Å². The molecule has 5 nitrogen and oxygen atoms in total. The van der Waals surface area contributed by atoms with Gasteiger partial charge in [0.1, 0.15) is 5.82 Å². The SMILES string of the molecule is Nc1cc(=O)[nH]c(Sc2cc(F)c(F)cc2N)n1. The summed E-state index contributed by atoms with van der Waals surface area (Å²) in [4.78, 5) is 17.6. The maximum atomic E-state index is 13.1. The van der Waals surface area contributed by atoms with Crippen LogP contribution in [0.15, 0.2) is 33.0 Å².